The summed E-state index contributed by atoms with van der Waals surface area (Å²) in [6, 6.07) is 0.519. The van der Waals surface area contributed by atoms with Gasteiger partial charge in [0, 0.05) is 18.3 Å². The summed E-state index contributed by atoms with van der Waals surface area (Å²) in [4.78, 5) is 4.40. The molecule has 1 rings (SSSR count). The van der Waals surface area contributed by atoms with E-state index in [4.69, 9.17) is 5.84 Å². The third-order valence-corrected chi connectivity index (χ3v) is 3.47. The first kappa shape index (κ1) is 12.6. The maximum absolute atomic E-state index is 5.43. The van der Waals surface area contributed by atoms with Gasteiger partial charge in [-0.1, -0.05) is 13.8 Å². The number of hydrazine groups is 1. The predicted molar refractivity (Wildman–Crippen MR) is 67.9 cm³/mol. The second-order valence-corrected chi connectivity index (χ2v) is 5.44. The molecule has 1 unspecified atom stereocenters. The van der Waals surface area contributed by atoms with E-state index >= 15 is 0 Å². The first-order valence-corrected chi connectivity index (χ1v) is 6.73. The normalized spacial score (nSPS) is 22.9. The fourth-order valence-electron chi connectivity index (χ4n) is 1.45. The molecule has 1 atom stereocenters. The van der Waals surface area contributed by atoms with Gasteiger partial charge < -0.3 is 5.32 Å². The molecule has 5 heteroatoms. The Morgan fingerprint density at radius 2 is 2.40 bits per heavy atom. The van der Waals surface area contributed by atoms with Gasteiger partial charge >= 0.3 is 0 Å². The SMILES string of the molecule is CC(C)CN=C(NN)NC1CCCSC1. The summed E-state index contributed by atoms with van der Waals surface area (Å²) >= 11 is 1.99. The molecule has 0 aliphatic carbocycles. The Labute approximate surface area is 96.4 Å². The molecule has 4 N–H and O–H groups in total. The van der Waals surface area contributed by atoms with E-state index in [1.165, 1.54) is 18.6 Å². The number of nitrogens with zero attached hydrogens (tertiary/aromatic N) is 1. The van der Waals surface area contributed by atoms with Gasteiger partial charge in [0.05, 0.1) is 0 Å². The van der Waals surface area contributed by atoms with Gasteiger partial charge in [0.15, 0.2) is 0 Å². The van der Waals surface area contributed by atoms with Crippen LogP contribution in [0.1, 0.15) is 26.7 Å². The van der Waals surface area contributed by atoms with Crippen molar-refractivity contribution in [2.24, 2.45) is 16.8 Å². The minimum Gasteiger partial charge on any atom is -0.352 e. The highest BCUT2D eigenvalue weighted by Crippen LogP contribution is 2.16. The second kappa shape index (κ2) is 6.95. The number of guanidine groups is 1. The molecule has 1 aliphatic rings. The molecule has 0 aromatic carbocycles. The van der Waals surface area contributed by atoms with Crippen molar-refractivity contribution in [3.8, 4) is 0 Å². The standard InChI is InChI=1S/C10H22N4S/c1-8(2)6-12-10(14-11)13-9-4-3-5-15-7-9/h8-9H,3-7,11H2,1-2H3,(H2,12,13,14). The van der Waals surface area contributed by atoms with Crippen LogP contribution in [-0.4, -0.2) is 30.1 Å². The summed E-state index contributed by atoms with van der Waals surface area (Å²) < 4.78 is 0. The van der Waals surface area contributed by atoms with Crippen molar-refractivity contribution in [3.05, 3.63) is 0 Å². The monoisotopic (exact) mass is 230 g/mol. The summed E-state index contributed by atoms with van der Waals surface area (Å²) in [7, 11) is 0. The number of hydrogen-bond donors (Lipinski definition) is 3. The molecule has 1 saturated heterocycles. The Balaban J connectivity index is 2.34. The number of rotatable bonds is 3. The minimum absolute atomic E-state index is 0.519. The lowest BCUT2D eigenvalue weighted by atomic mass is 10.2. The summed E-state index contributed by atoms with van der Waals surface area (Å²) in [5, 5.41) is 3.35. The molecule has 88 valence electrons. The van der Waals surface area contributed by atoms with Crippen LogP contribution in [0.25, 0.3) is 0 Å². The van der Waals surface area contributed by atoms with Gasteiger partial charge in [-0.25, -0.2) is 5.84 Å². The number of thioether (sulfide) groups is 1. The smallest absolute Gasteiger partial charge is 0.205 e. The van der Waals surface area contributed by atoms with Crippen molar-refractivity contribution in [3.63, 3.8) is 0 Å². The lowest BCUT2D eigenvalue weighted by Crippen LogP contribution is -2.48. The van der Waals surface area contributed by atoms with Crippen LogP contribution in [0.2, 0.25) is 0 Å². The van der Waals surface area contributed by atoms with Crippen molar-refractivity contribution in [1.29, 1.82) is 0 Å². The van der Waals surface area contributed by atoms with E-state index < -0.39 is 0 Å². The molecule has 0 aromatic heterocycles. The number of aliphatic imine (C=N–C) groups is 1. The molecule has 0 bridgehead atoms. The highest BCUT2D eigenvalue weighted by molar-refractivity contribution is 7.99. The molecule has 0 saturated carbocycles. The largest absolute Gasteiger partial charge is 0.352 e. The molecule has 0 radical (unpaired) electrons. The van der Waals surface area contributed by atoms with Gasteiger partial charge in [-0.3, -0.25) is 10.4 Å². The van der Waals surface area contributed by atoms with E-state index in [9.17, 15) is 0 Å². The van der Waals surface area contributed by atoms with E-state index in [1.807, 2.05) is 11.8 Å². The molecular weight excluding hydrogens is 208 g/mol. The predicted octanol–water partition coefficient (Wildman–Crippen LogP) is 0.947. The van der Waals surface area contributed by atoms with Crippen LogP contribution >= 0.6 is 11.8 Å². The highest BCUT2D eigenvalue weighted by Gasteiger charge is 2.14. The Hall–Kier alpha value is -0.420. The van der Waals surface area contributed by atoms with Gasteiger partial charge in [-0.05, 0) is 24.5 Å². The van der Waals surface area contributed by atoms with E-state index in [0.29, 0.717) is 12.0 Å². The van der Waals surface area contributed by atoms with E-state index in [-0.39, 0.29) is 0 Å². The third kappa shape index (κ3) is 5.28. The zero-order chi connectivity index (χ0) is 11.1. The van der Waals surface area contributed by atoms with Crippen molar-refractivity contribution in [2.75, 3.05) is 18.1 Å². The molecular formula is C10H22N4S. The number of nitrogens with one attached hydrogen (secondary N) is 2. The average molecular weight is 230 g/mol. The third-order valence-electron chi connectivity index (χ3n) is 2.25. The molecule has 0 spiro atoms. The molecule has 1 heterocycles. The van der Waals surface area contributed by atoms with Crippen molar-refractivity contribution in [1.82, 2.24) is 10.7 Å². The first-order valence-electron chi connectivity index (χ1n) is 5.57. The lowest BCUT2D eigenvalue weighted by molar-refractivity contribution is 0.578. The molecule has 1 aliphatic heterocycles. The van der Waals surface area contributed by atoms with Crippen LogP contribution < -0.4 is 16.6 Å². The maximum atomic E-state index is 5.43. The van der Waals surface area contributed by atoms with Gasteiger partial charge in [-0.2, -0.15) is 11.8 Å². The summed E-state index contributed by atoms with van der Waals surface area (Å²) in [5.41, 5.74) is 2.63. The van der Waals surface area contributed by atoms with E-state index in [2.05, 4.69) is 29.6 Å². The Morgan fingerprint density at radius 3 is 2.93 bits per heavy atom. The van der Waals surface area contributed by atoms with E-state index in [0.717, 1.165) is 18.3 Å². The van der Waals surface area contributed by atoms with Crippen molar-refractivity contribution >= 4 is 17.7 Å². The Kier molecular flexibility index (Phi) is 5.86. The second-order valence-electron chi connectivity index (χ2n) is 4.29. The summed E-state index contributed by atoms with van der Waals surface area (Å²) in [6.07, 6.45) is 2.50. The molecule has 0 amide bonds. The van der Waals surface area contributed by atoms with Crippen molar-refractivity contribution < 1.29 is 0 Å². The van der Waals surface area contributed by atoms with Crippen LogP contribution in [0.4, 0.5) is 0 Å². The van der Waals surface area contributed by atoms with Crippen LogP contribution in [0, 0.1) is 5.92 Å². The fourth-order valence-corrected chi connectivity index (χ4v) is 2.53. The summed E-state index contributed by atoms with van der Waals surface area (Å²) in [5.74, 6) is 9.16. The van der Waals surface area contributed by atoms with Crippen LogP contribution in [-0.2, 0) is 0 Å². The molecule has 1 fully saturated rings. The summed E-state index contributed by atoms with van der Waals surface area (Å²) in [6.45, 7) is 5.11. The minimum atomic E-state index is 0.519. The van der Waals surface area contributed by atoms with Gasteiger partial charge in [0.1, 0.15) is 0 Å². The number of nitrogens with two attached hydrogens (primary N) is 1. The Morgan fingerprint density at radius 1 is 1.60 bits per heavy atom. The lowest BCUT2D eigenvalue weighted by Gasteiger charge is -2.24. The van der Waals surface area contributed by atoms with Crippen LogP contribution in [0.3, 0.4) is 0 Å². The maximum Gasteiger partial charge on any atom is 0.205 e. The quantitative estimate of drug-likeness (QED) is 0.292. The van der Waals surface area contributed by atoms with Gasteiger partial charge in [0.25, 0.3) is 0 Å². The van der Waals surface area contributed by atoms with Crippen LogP contribution in [0.15, 0.2) is 4.99 Å². The van der Waals surface area contributed by atoms with E-state index in [1.54, 1.807) is 0 Å². The highest BCUT2D eigenvalue weighted by atomic mass is 32.2. The van der Waals surface area contributed by atoms with Crippen LogP contribution in [0.5, 0.6) is 0 Å². The van der Waals surface area contributed by atoms with Crippen molar-refractivity contribution in [2.45, 2.75) is 32.7 Å². The Bertz CT molecular complexity index is 200. The average Bonchev–Trinajstić information content (AvgIpc) is 2.25. The zero-order valence-corrected chi connectivity index (χ0v) is 10.4. The first-order chi connectivity index (χ1) is 7.22. The fraction of sp³-hybridized carbons (Fsp3) is 0.900. The molecule has 4 nitrogen and oxygen atoms in total. The number of hydrogen-bond acceptors (Lipinski definition) is 3. The topological polar surface area (TPSA) is 62.4 Å². The molecule has 15 heavy (non-hydrogen) atoms. The van der Waals surface area contributed by atoms with Gasteiger partial charge in [-0.15, -0.1) is 0 Å². The zero-order valence-electron chi connectivity index (χ0n) is 9.62. The van der Waals surface area contributed by atoms with Gasteiger partial charge in [0.2, 0.25) is 5.96 Å². The molecule has 0 aromatic rings.